The zero-order valence-corrected chi connectivity index (χ0v) is 20.1. The van der Waals surface area contributed by atoms with E-state index in [0.717, 1.165) is 30.1 Å². The Bertz CT molecular complexity index is 1470. The van der Waals surface area contributed by atoms with Gasteiger partial charge < -0.3 is 5.73 Å². The van der Waals surface area contributed by atoms with Gasteiger partial charge >= 0.3 is 12.4 Å². The van der Waals surface area contributed by atoms with E-state index in [-0.39, 0.29) is 22.1 Å². The van der Waals surface area contributed by atoms with Crippen LogP contribution in [0.1, 0.15) is 29.5 Å². The number of sulfonamides is 1. The molecule has 3 aromatic rings. The van der Waals surface area contributed by atoms with Gasteiger partial charge in [0.1, 0.15) is 6.33 Å². The van der Waals surface area contributed by atoms with Gasteiger partial charge in [-0.3, -0.25) is 4.79 Å². The third-order valence-corrected chi connectivity index (χ3v) is 7.62. The Balaban J connectivity index is 1.73. The number of benzene rings is 2. The van der Waals surface area contributed by atoms with Gasteiger partial charge in [0.2, 0.25) is 10.0 Å². The summed E-state index contributed by atoms with van der Waals surface area (Å²) >= 11 is 0. The smallest absolute Gasteiger partial charge is 0.366 e. The Hall–Kier alpha value is -3.72. The number of carbonyl (C=O) groups is 1. The monoisotopic (exact) mass is 559 g/mol. The highest BCUT2D eigenvalue weighted by molar-refractivity contribution is 7.89. The lowest BCUT2D eigenvalue weighted by Gasteiger charge is -2.16. The van der Waals surface area contributed by atoms with E-state index in [2.05, 4.69) is 10.1 Å². The molecular weight excluding hydrogens is 540 g/mol. The van der Waals surface area contributed by atoms with Crippen LogP contribution in [0.15, 0.2) is 53.7 Å². The number of rotatable bonds is 6. The summed E-state index contributed by atoms with van der Waals surface area (Å²) in [4.78, 5) is 15.9. The lowest BCUT2D eigenvalue weighted by Crippen LogP contribution is -2.28. The molecule has 15 heteroatoms. The van der Waals surface area contributed by atoms with Crippen LogP contribution in [-0.4, -0.2) is 46.5 Å². The fourth-order valence-corrected chi connectivity index (χ4v) is 5.43. The Morgan fingerprint density at radius 3 is 2.11 bits per heavy atom. The molecule has 1 aromatic heterocycles. The summed E-state index contributed by atoms with van der Waals surface area (Å²) in [6.45, 7) is 0.719. The van der Waals surface area contributed by atoms with Crippen molar-refractivity contribution in [1.82, 2.24) is 19.1 Å². The minimum atomic E-state index is -5.06. The SMILES string of the molecule is NC(=O)/C(=C/n1cnc(-c2cc(C(F)(F)F)cc(C(F)(F)F)c2)n1)c1cccc(S(=O)(=O)N2CCCC2)c1. The molecular formula is C23H19F6N5O3S. The van der Waals surface area contributed by atoms with Crippen LogP contribution in [0.3, 0.4) is 0 Å². The van der Waals surface area contributed by atoms with E-state index in [0.29, 0.717) is 25.2 Å². The third-order valence-electron chi connectivity index (χ3n) is 5.73. The third kappa shape index (κ3) is 5.72. The molecule has 0 bridgehead atoms. The van der Waals surface area contributed by atoms with Crippen molar-refractivity contribution in [1.29, 1.82) is 0 Å². The Morgan fingerprint density at radius 2 is 1.55 bits per heavy atom. The van der Waals surface area contributed by atoms with Crippen LogP contribution in [0.2, 0.25) is 0 Å². The fourth-order valence-electron chi connectivity index (χ4n) is 3.87. The first-order valence-corrected chi connectivity index (χ1v) is 12.4. The molecule has 2 aromatic carbocycles. The molecule has 0 saturated carbocycles. The number of hydrogen-bond acceptors (Lipinski definition) is 5. The number of alkyl halides is 6. The van der Waals surface area contributed by atoms with Gasteiger partial charge in [-0.05, 0) is 48.7 Å². The second kappa shape index (κ2) is 9.87. The van der Waals surface area contributed by atoms with Gasteiger partial charge in [0.25, 0.3) is 5.91 Å². The number of amides is 1. The maximum Gasteiger partial charge on any atom is 0.416 e. The zero-order valence-electron chi connectivity index (χ0n) is 19.3. The van der Waals surface area contributed by atoms with E-state index in [9.17, 15) is 39.6 Å². The van der Waals surface area contributed by atoms with Gasteiger partial charge in [0.05, 0.1) is 21.6 Å². The van der Waals surface area contributed by atoms with Crippen molar-refractivity contribution in [2.24, 2.45) is 5.73 Å². The molecule has 38 heavy (non-hydrogen) atoms. The predicted octanol–water partition coefficient (Wildman–Crippen LogP) is 4.25. The van der Waals surface area contributed by atoms with Gasteiger partial charge in [-0.1, -0.05) is 12.1 Å². The highest BCUT2D eigenvalue weighted by Gasteiger charge is 2.37. The van der Waals surface area contributed by atoms with Crippen molar-refractivity contribution in [2.75, 3.05) is 13.1 Å². The molecule has 4 rings (SSSR count). The largest absolute Gasteiger partial charge is 0.416 e. The molecule has 0 spiro atoms. The molecule has 0 aliphatic carbocycles. The van der Waals surface area contributed by atoms with Crippen LogP contribution in [0.4, 0.5) is 26.3 Å². The second-order valence-electron chi connectivity index (χ2n) is 8.39. The number of carbonyl (C=O) groups excluding carboxylic acids is 1. The van der Waals surface area contributed by atoms with Crippen molar-refractivity contribution in [3.63, 3.8) is 0 Å². The standard InChI is InChI=1S/C23H19F6N5O3S/c24-22(25,26)16-8-15(9-17(11-16)23(27,28)29)21-31-13-33(32-21)12-19(20(30)35)14-4-3-5-18(10-14)38(36,37)34-6-1-2-7-34/h3-5,8-13H,1-2,6-7H2,(H2,30,35)/b19-12+. The molecule has 1 aliphatic rings. The van der Waals surface area contributed by atoms with Crippen LogP contribution >= 0.6 is 0 Å². The molecule has 8 nitrogen and oxygen atoms in total. The van der Waals surface area contributed by atoms with Gasteiger partial charge in [-0.15, -0.1) is 5.10 Å². The van der Waals surface area contributed by atoms with Crippen molar-refractivity contribution in [3.05, 3.63) is 65.5 Å². The average Bonchev–Trinajstić information content (AvgIpc) is 3.54. The number of nitrogens with two attached hydrogens (primary N) is 1. The quantitative estimate of drug-likeness (QED) is 0.359. The number of nitrogens with zero attached hydrogens (tertiary/aromatic N) is 4. The van der Waals surface area contributed by atoms with Crippen LogP contribution in [0, 0.1) is 0 Å². The van der Waals surface area contributed by atoms with Crippen molar-refractivity contribution >= 4 is 27.7 Å². The molecule has 202 valence electrons. The summed E-state index contributed by atoms with van der Waals surface area (Å²) < 4.78 is 107. The van der Waals surface area contributed by atoms with E-state index in [1.807, 2.05) is 0 Å². The fraction of sp³-hybridized carbons (Fsp3) is 0.261. The van der Waals surface area contributed by atoms with Gasteiger partial charge in [0, 0.05) is 24.9 Å². The Labute approximate surface area is 212 Å². The number of hydrogen-bond donors (Lipinski definition) is 1. The van der Waals surface area contributed by atoms with Gasteiger partial charge in [-0.2, -0.15) is 30.6 Å². The first-order valence-electron chi connectivity index (χ1n) is 11.0. The van der Waals surface area contributed by atoms with E-state index in [1.54, 1.807) is 0 Å². The summed E-state index contributed by atoms with van der Waals surface area (Å²) in [5.41, 5.74) is 1.72. The van der Waals surface area contributed by atoms with E-state index in [1.165, 1.54) is 28.6 Å². The summed E-state index contributed by atoms with van der Waals surface area (Å²) in [6.07, 6.45) is -6.68. The van der Waals surface area contributed by atoms with E-state index < -0.39 is 50.8 Å². The van der Waals surface area contributed by atoms with E-state index >= 15 is 0 Å². The highest BCUT2D eigenvalue weighted by Crippen LogP contribution is 2.38. The van der Waals surface area contributed by atoms with Crippen LogP contribution < -0.4 is 5.73 Å². The lowest BCUT2D eigenvalue weighted by molar-refractivity contribution is -0.143. The first kappa shape index (κ1) is 27.3. The summed E-state index contributed by atoms with van der Waals surface area (Å²) in [7, 11) is -3.82. The molecule has 0 atom stereocenters. The highest BCUT2D eigenvalue weighted by atomic mass is 32.2. The maximum atomic E-state index is 13.2. The normalized spacial score (nSPS) is 15.7. The Morgan fingerprint density at radius 1 is 0.947 bits per heavy atom. The molecule has 1 aliphatic heterocycles. The molecule has 0 unspecified atom stereocenters. The maximum absolute atomic E-state index is 13.2. The first-order chi connectivity index (χ1) is 17.7. The molecule has 1 fully saturated rings. The lowest BCUT2D eigenvalue weighted by atomic mass is 10.0. The molecule has 1 amide bonds. The molecule has 2 N–H and O–H groups in total. The number of halogens is 6. The van der Waals surface area contributed by atoms with Crippen LogP contribution in [0.25, 0.3) is 23.2 Å². The number of aromatic nitrogens is 3. The minimum Gasteiger partial charge on any atom is -0.366 e. The van der Waals surface area contributed by atoms with Crippen molar-refractivity contribution in [3.8, 4) is 11.4 Å². The minimum absolute atomic E-state index is 0.0191. The zero-order chi connectivity index (χ0) is 27.9. The summed E-state index contributed by atoms with van der Waals surface area (Å²) in [5, 5.41) is 3.87. The predicted molar refractivity (Wildman–Crippen MR) is 123 cm³/mol. The summed E-state index contributed by atoms with van der Waals surface area (Å²) in [5.74, 6) is -1.47. The van der Waals surface area contributed by atoms with E-state index in [4.69, 9.17) is 5.73 Å². The number of primary amides is 1. The van der Waals surface area contributed by atoms with Crippen molar-refractivity contribution in [2.45, 2.75) is 30.1 Å². The van der Waals surface area contributed by atoms with Crippen LogP contribution in [0.5, 0.6) is 0 Å². The van der Waals surface area contributed by atoms with Crippen LogP contribution in [-0.2, 0) is 27.2 Å². The average molecular weight is 559 g/mol. The van der Waals surface area contributed by atoms with Gasteiger partial charge in [-0.25, -0.2) is 18.1 Å². The molecule has 2 heterocycles. The molecule has 1 saturated heterocycles. The summed E-state index contributed by atoms with van der Waals surface area (Å²) in [6, 6.07) is 6.35. The molecule has 0 radical (unpaired) electrons. The second-order valence-corrected chi connectivity index (χ2v) is 10.3. The van der Waals surface area contributed by atoms with Gasteiger partial charge in [0.15, 0.2) is 5.82 Å². The van der Waals surface area contributed by atoms with Crippen molar-refractivity contribution < 1.29 is 39.6 Å². The topological polar surface area (TPSA) is 111 Å². The Kier molecular flexibility index (Phi) is 7.09.